The van der Waals surface area contributed by atoms with Gasteiger partial charge in [0.1, 0.15) is 0 Å². The maximum atomic E-state index is 10.9. The third-order valence-electron chi connectivity index (χ3n) is 2.11. The summed E-state index contributed by atoms with van der Waals surface area (Å²) in [6, 6.07) is 0. The van der Waals surface area contributed by atoms with Gasteiger partial charge < -0.3 is 9.80 Å². The number of carbonyl (C=O) groups excluding carboxylic acids is 1. The summed E-state index contributed by atoms with van der Waals surface area (Å²) in [5.41, 5.74) is 0. The van der Waals surface area contributed by atoms with Crippen molar-refractivity contribution in [3.8, 4) is 0 Å². The topological polar surface area (TPSA) is 47.4 Å². The molecule has 0 aromatic carbocycles. The van der Waals surface area contributed by atoms with Crippen molar-refractivity contribution in [2.45, 2.75) is 6.92 Å². The third-order valence-corrected chi connectivity index (χ3v) is 2.11. The molecule has 0 aromatic rings. The van der Waals surface area contributed by atoms with E-state index < -0.39 is 0 Å². The minimum Gasteiger partial charge on any atom is -0.357 e. The van der Waals surface area contributed by atoms with Crippen LogP contribution in [0.2, 0.25) is 0 Å². The lowest BCUT2D eigenvalue weighted by Crippen LogP contribution is -2.49. The van der Waals surface area contributed by atoms with E-state index in [9.17, 15) is 4.79 Å². The highest BCUT2D eigenvalue weighted by Gasteiger charge is 2.18. The number of carbonyl (C=O) groups is 1. The Balaban J connectivity index is 2.39. The molecule has 1 heterocycles. The molecule has 1 amide bonds. The van der Waals surface area contributed by atoms with Gasteiger partial charge in [0.15, 0.2) is 0 Å². The number of piperazine rings is 1. The van der Waals surface area contributed by atoms with E-state index in [-0.39, 0.29) is 5.91 Å². The maximum Gasteiger partial charge on any atom is 0.219 e. The molecule has 0 aliphatic carbocycles. The third kappa shape index (κ3) is 1.96. The van der Waals surface area contributed by atoms with E-state index in [0.717, 1.165) is 13.1 Å². The van der Waals surface area contributed by atoms with E-state index in [4.69, 9.17) is 5.41 Å². The van der Waals surface area contributed by atoms with Gasteiger partial charge in [0.05, 0.1) is 5.84 Å². The Morgan fingerprint density at radius 3 is 2.00 bits per heavy atom. The summed E-state index contributed by atoms with van der Waals surface area (Å²) in [7, 11) is 0. The van der Waals surface area contributed by atoms with E-state index in [1.807, 2.05) is 4.90 Å². The number of hydrogen-bond donors (Lipinski definition) is 1. The van der Waals surface area contributed by atoms with Gasteiger partial charge in [-0.05, 0) is 0 Å². The van der Waals surface area contributed by atoms with Gasteiger partial charge in [-0.1, -0.05) is 0 Å². The Hall–Kier alpha value is -1.06. The fourth-order valence-corrected chi connectivity index (χ4v) is 1.29. The molecule has 12 heavy (non-hydrogen) atoms. The summed E-state index contributed by atoms with van der Waals surface area (Å²) >= 11 is 0. The molecule has 0 spiro atoms. The van der Waals surface area contributed by atoms with Crippen molar-refractivity contribution < 1.29 is 4.79 Å². The maximum absolute atomic E-state index is 10.9. The van der Waals surface area contributed by atoms with Crippen LogP contribution < -0.4 is 0 Å². The molecule has 67 valence electrons. The molecule has 1 radical (unpaired) electrons. The summed E-state index contributed by atoms with van der Waals surface area (Å²) in [4.78, 5) is 14.6. The van der Waals surface area contributed by atoms with Gasteiger partial charge in [-0.2, -0.15) is 0 Å². The molecule has 1 rings (SSSR count). The van der Waals surface area contributed by atoms with Crippen molar-refractivity contribution in [2.75, 3.05) is 26.2 Å². The monoisotopic (exact) mass is 168 g/mol. The fraction of sp³-hybridized carbons (Fsp3) is 0.625. The first-order valence-corrected chi connectivity index (χ1v) is 4.02. The van der Waals surface area contributed by atoms with Crippen LogP contribution in [0.25, 0.3) is 0 Å². The molecule has 4 heteroatoms. The molecular weight excluding hydrogens is 154 g/mol. The van der Waals surface area contributed by atoms with Crippen LogP contribution >= 0.6 is 0 Å². The van der Waals surface area contributed by atoms with Crippen LogP contribution in [0, 0.1) is 12.3 Å². The second-order valence-electron chi connectivity index (χ2n) is 2.94. The summed E-state index contributed by atoms with van der Waals surface area (Å²) in [5.74, 6) is 0.462. The minimum absolute atomic E-state index is 0.116. The lowest BCUT2D eigenvalue weighted by Gasteiger charge is -2.34. The highest BCUT2D eigenvalue weighted by molar-refractivity contribution is 5.83. The van der Waals surface area contributed by atoms with E-state index >= 15 is 0 Å². The molecule has 0 bridgehead atoms. The molecule has 0 aromatic heterocycles. The number of amides is 1. The van der Waals surface area contributed by atoms with Gasteiger partial charge >= 0.3 is 0 Å². The van der Waals surface area contributed by atoms with Crippen molar-refractivity contribution in [3.05, 3.63) is 6.92 Å². The zero-order chi connectivity index (χ0) is 9.14. The molecule has 0 atom stereocenters. The van der Waals surface area contributed by atoms with Gasteiger partial charge in [0.25, 0.3) is 0 Å². The predicted molar refractivity (Wildman–Crippen MR) is 46.9 cm³/mol. The molecule has 1 N–H and O–H groups in total. The van der Waals surface area contributed by atoms with E-state index in [0.29, 0.717) is 18.9 Å². The molecule has 1 aliphatic rings. The number of nitrogens with zero attached hydrogens (tertiary/aromatic N) is 2. The fourth-order valence-electron chi connectivity index (χ4n) is 1.29. The number of rotatable bonds is 0. The lowest BCUT2D eigenvalue weighted by atomic mass is 10.3. The van der Waals surface area contributed by atoms with Gasteiger partial charge in [0.2, 0.25) is 5.91 Å². The number of amidine groups is 1. The van der Waals surface area contributed by atoms with E-state index in [1.165, 1.54) is 0 Å². The molecule has 1 fully saturated rings. The van der Waals surface area contributed by atoms with Crippen LogP contribution in [0.3, 0.4) is 0 Å². The Bertz CT molecular complexity index is 172. The minimum atomic E-state index is 0.116. The van der Waals surface area contributed by atoms with Crippen molar-refractivity contribution in [2.24, 2.45) is 0 Å². The standard InChI is InChI=1S/C8H14N3O/c1-7(9)10-3-5-11(6-4-10)8(2)12/h9H,1,3-6H2,2H3. The van der Waals surface area contributed by atoms with Gasteiger partial charge in [-0.3, -0.25) is 10.2 Å². The molecule has 0 saturated carbocycles. The van der Waals surface area contributed by atoms with Crippen LogP contribution in [0.1, 0.15) is 6.92 Å². The lowest BCUT2D eigenvalue weighted by molar-refractivity contribution is -0.130. The molecule has 4 nitrogen and oxygen atoms in total. The van der Waals surface area contributed by atoms with Crippen molar-refractivity contribution in [1.29, 1.82) is 5.41 Å². The van der Waals surface area contributed by atoms with E-state index in [1.54, 1.807) is 11.8 Å². The summed E-state index contributed by atoms with van der Waals surface area (Å²) in [6.45, 7) is 8.02. The molecular formula is C8H14N3O. The van der Waals surface area contributed by atoms with Crippen molar-refractivity contribution in [1.82, 2.24) is 9.80 Å². The quantitative estimate of drug-likeness (QED) is 0.407. The SMILES string of the molecule is [CH2]C(=N)N1CCN(C(C)=O)CC1. The Morgan fingerprint density at radius 1 is 1.25 bits per heavy atom. The predicted octanol–water partition coefficient (Wildman–Crippen LogP) is -0.0381. The van der Waals surface area contributed by atoms with Crippen LogP contribution in [-0.4, -0.2) is 47.7 Å². The van der Waals surface area contributed by atoms with Gasteiger partial charge in [-0.25, -0.2) is 0 Å². The van der Waals surface area contributed by atoms with Crippen LogP contribution in [0.4, 0.5) is 0 Å². The van der Waals surface area contributed by atoms with Crippen LogP contribution in [0.5, 0.6) is 0 Å². The van der Waals surface area contributed by atoms with Crippen LogP contribution in [-0.2, 0) is 4.79 Å². The summed E-state index contributed by atoms with van der Waals surface area (Å²) < 4.78 is 0. The molecule has 1 saturated heterocycles. The van der Waals surface area contributed by atoms with Gasteiger partial charge in [0, 0.05) is 40.0 Å². The highest BCUT2D eigenvalue weighted by Crippen LogP contribution is 2.01. The zero-order valence-corrected chi connectivity index (χ0v) is 7.34. The van der Waals surface area contributed by atoms with Crippen molar-refractivity contribution >= 4 is 11.7 Å². The first-order chi connectivity index (χ1) is 5.61. The molecule has 1 aliphatic heterocycles. The number of hydrogen-bond acceptors (Lipinski definition) is 2. The van der Waals surface area contributed by atoms with E-state index in [2.05, 4.69) is 6.92 Å². The smallest absolute Gasteiger partial charge is 0.219 e. The van der Waals surface area contributed by atoms with Crippen LogP contribution in [0.15, 0.2) is 0 Å². The second-order valence-corrected chi connectivity index (χ2v) is 2.94. The highest BCUT2D eigenvalue weighted by atomic mass is 16.2. The normalized spacial score (nSPS) is 17.8. The second kappa shape index (κ2) is 3.56. The Labute approximate surface area is 72.7 Å². The average Bonchev–Trinajstić information content (AvgIpc) is 2.04. The average molecular weight is 168 g/mol. The Kier molecular flexibility index (Phi) is 2.68. The first-order valence-electron chi connectivity index (χ1n) is 4.02. The summed E-state index contributed by atoms with van der Waals surface area (Å²) in [6.07, 6.45) is 0. The molecule has 0 unspecified atom stereocenters. The zero-order valence-electron chi connectivity index (χ0n) is 7.34. The largest absolute Gasteiger partial charge is 0.357 e. The van der Waals surface area contributed by atoms with Gasteiger partial charge in [-0.15, -0.1) is 0 Å². The first kappa shape index (κ1) is 9.03. The number of nitrogens with one attached hydrogen (secondary N) is 1. The van der Waals surface area contributed by atoms with Crippen molar-refractivity contribution in [3.63, 3.8) is 0 Å². The Morgan fingerprint density at radius 2 is 1.67 bits per heavy atom. The summed E-state index contributed by atoms with van der Waals surface area (Å²) in [5, 5.41) is 7.27.